The molecule has 4 nitrogen and oxygen atoms in total. The van der Waals surface area contributed by atoms with E-state index < -0.39 is 10.8 Å². The van der Waals surface area contributed by atoms with Crippen LogP contribution >= 0.6 is 0 Å². The first kappa shape index (κ1) is 13.6. The molecule has 0 rings (SSSR count). The van der Waals surface area contributed by atoms with Crippen LogP contribution in [0.25, 0.3) is 0 Å². The standard InChI is InChI=1S/C9H20N2O2S/c1-10-9(12)5-3-6-11-7-4-8-14(2)13/h11H,3-8H2,1-2H3,(H,10,12). The average Bonchev–Trinajstić information content (AvgIpc) is 2.15. The minimum atomic E-state index is -0.686. The van der Waals surface area contributed by atoms with Crippen LogP contribution in [0, 0.1) is 0 Å². The Morgan fingerprint density at radius 1 is 1.29 bits per heavy atom. The predicted octanol–water partition coefficient (Wildman–Crippen LogP) is -0.129. The topological polar surface area (TPSA) is 58.2 Å². The minimum absolute atomic E-state index is 0.0847. The van der Waals surface area contributed by atoms with Crippen molar-refractivity contribution >= 4 is 16.7 Å². The van der Waals surface area contributed by atoms with E-state index in [0.717, 1.165) is 31.7 Å². The molecule has 0 saturated heterocycles. The van der Waals surface area contributed by atoms with Gasteiger partial charge in [0.1, 0.15) is 0 Å². The van der Waals surface area contributed by atoms with E-state index in [0.29, 0.717) is 6.42 Å². The van der Waals surface area contributed by atoms with Crippen LogP contribution in [0.15, 0.2) is 0 Å². The summed E-state index contributed by atoms with van der Waals surface area (Å²) in [5.74, 6) is 0.837. The number of rotatable bonds is 8. The average molecular weight is 220 g/mol. The number of nitrogens with one attached hydrogen (secondary N) is 2. The first-order valence-electron chi connectivity index (χ1n) is 4.88. The zero-order valence-corrected chi connectivity index (χ0v) is 9.78. The molecule has 0 aromatic heterocycles. The molecule has 0 aromatic carbocycles. The van der Waals surface area contributed by atoms with Gasteiger partial charge in [-0.3, -0.25) is 9.00 Å². The predicted molar refractivity (Wildman–Crippen MR) is 59.7 cm³/mol. The largest absolute Gasteiger partial charge is 0.359 e. The van der Waals surface area contributed by atoms with Crippen molar-refractivity contribution in [3.05, 3.63) is 0 Å². The summed E-state index contributed by atoms with van der Waals surface area (Å²) < 4.78 is 10.7. The van der Waals surface area contributed by atoms with Crippen LogP contribution in [-0.4, -0.2) is 42.3 Å². The Hall–Kier alpha value is -0.420. The van der Waals surface area contributed by atoms with E-state index in [2.05, 4.69) is 10.6 Å². The normalized spacial score (nSPS) is 12.4. The molecule has 1 amide bonds. The van der Waals surface area contributed by atoms with Gasteiger partial charge in [0.25, 0.3) is 0 Å². The molecule has 0 spiro atoms. The number of hydrogen-bond donors (Lipinski definition) is 2. The van der Waals surface area contributed by atoms with Gasteiger partial charge in [0.05, 0.1) is 0 Å². The summed E-state index contributed by atoms with van der Waals surface area (Å²) in [5.41, 5.74) is 0. The third-order valence-electron chi connectivity index (χ3n) is 1.82. The second-order valence-corrected chi connectivity index (χ2v) is 4.71. The van der Waals surface area contributed by atoms with Crippen LogP contribution in [0.5, 0.6) is 0 Å². The van der Waals surface area contributed by atoms with Crippen molar-refractivity contribution < 1.29 is 9.00 Å². The Bertz CT molecular complexity index is 186. The minimum Gasteiger partial charge on any atom is -0.359 e. The van der Waals surface area contributed by atoms with Crippen molar-refractivity contribution in [2.45, 2.75) is 19.3 Å². The Morgan fingerprint density at radius 3 is 2.50 bits per heavy atom. The van der Waals surface area contributed by atoms with Crippen LogP contribution in [0.3, 0.4) is 0 Å². The molecule has 84 valence electrons. The van der Waals surface area contributed by atoms with Crippen molar-refractivity contribution in [3.63, 3.8) is 0 Å². The van der Waals surface area contributed by atoms with Crippen molar-refractivity contribution in [1.29, 1.82) is 0 Å². The lowest BCUT2D eigenvalue weighted by Gasteiger charge is -2.03. The molecule has 14 heavy (non-hydrogen) atoms. The fourth-order valence-corrected chi connectivity index (χ4v) is 1.58. The fraction of sp³-hybridized carbons (Fsp3) is 0.889. The molecule has 0 saturated carbocycles. The van der Waals surface area contributed by atoms with Gasteiger partial charge in [-0.25, -0.2) is 0 Å². The monoisotopic (exact) mass is 220 g/mol. The highest BCUT2D eigenvalue weighted by Crippen LogP contribution is 1.87. The molecule has 0 aromatic rings. The van der Waals surface area contributed by atoms with Crippen LogP contribution < -0.4 is 10.6 Å². The third kappa shape index (κ3) is 9.67. The van der Waals surface area contributed by atoms with Crippen molar-refractivity contribution in [2.75, 3.05) is 32.1 Å². The highest BCUT2D eigenvalue weighted by molar-refractivity contribution is 7.84. The Labute approximate surface area is 88.3 Å². The van der Waals surface area contributed by atoms with E-state index in [1.165, 1.54) is 0 Å². The van der Waals surface area contributed by atoms with Gasteiger partial charge in [-0.15, -0.1) is 0 Å². The van der Waals surface area contributed by atoms with Gasteiger partial charge < -0.3 is 10.6 Å². The second-order valence-electron chi connectivity index (χ2n) is 3.16. The third-order valence-corrected chi connectivity index (χ3v) is 2.69. The van der Waals surface area contributed by atoms with Gasteiger partial charge in [-0.05, 0) is 25.9 Å². The fourth-order valence-electron chi connectivity index (χ4n) is 1.02. The summed E-state index contributed by atoms with van der Waals surface area (Å²) >= 11 is 0. The molecule has 0 aliphatic heterocycles. The van der Waals surface area contributed by atoms with E-state index in [4.69, 9.17) is 0 Å². The SMILES string of the molecule is CNC(=O)CCCNCCCS(C)=O. The summed E-state index contributed by atoms with van der Waals surface area (Å²) in [6, 6.07) is 0. The van der Waals surface area contributed by atoms with Gasteiger partial charge in [-0.1, -0.05) is 0 Å². The first-order chi connectivity index (χ1) is 6.66. The summed E-state index contributed by atoms with van der Waals surface area (Å²) in [7, 11) is 0.960. The smallest absolute Gasteiger partial charge is 0.219 e. The molecule has 1 atom stereocenters. The highest BCUT2D eigenvalue weighted by atomic mass is 32.2. The lowest BCUT2D eigenvalue weighted by Crippen LogP contribution is -2.22. The number of carbonyl (C=O) groups excluding carboxylic acids is 1. The quantitative estimate of drug-likeness (QED) is 0.560. The maximum Gasteiger partial charge on any atom is 0.219 e. The summed E-state index contributed by atoms with van der Waals surface area (Å²) in [4.78, 5) is 10.8. The van der Waals surface area contributed by atoms with Gasteiger partial charge >= 0.3 is 0 Å². The van der Waals surface area contributed by atoms with Gasteiger partial charge in [0.15, 0.2) is 0 Å². The maximum atomic E-state index is 10.8. The maximum absolute atomic E-state index is 10.8. The van der Waals surface area contributed by atoms with Crippen LogP contribution in [0.4, 0.5) is 0 Å². The Balaban J connectivity index is 3.06. The zero-order valence-electron chi connectivity index (χ0n) is 8.97. The van der Waals surface area contributed by atoms with Gasteiger partial charge in [-0.2, -0.15) is 0 Å². The lowest BCUT2D eigenvalue weighted by atomic mass is 10.3. The molecule has 0 aliphatic carbocycles. The molecule has 5 heteroatoms. The van der Waals surface area contributed by atoms with E-state index >= 15 is 0 Å². The first-order valence-corrected chi connectivity index (χ1v) is 6.61. The molecule has 1 unspecified atom stereocenters. The van der Waals surface area contributed by atoms with Crippen LogP contribution in [0.1, 0.15) is 19.3 Å². The van der Waals surface area contributed by atoms with Crippen molar-refractivity contribution in [2.24, 2.45) is 0 Å². The van der Waals surface area contributed by atoms with E-state index in [9.17, 15) is 9.00 Å². The van der Waals surface area contributed by atoms with Gasteiger partial charge in [0, 0.05) is 36.3 Å². The molecule has 0 fully saturated rings. The number of amides is 1. The second kappa shape index (κ2) is 9.15. The molecule has 0 heterocycles. The van der Waals surface area contributed by atoms with Crippen LogP contribution in [0.2, 0.25) is 0 Å². The summed E-state index contributed by atoms with van der Waals surface area (Å²) in [5, 5.41) is 5.78. The van der Waals surface area contributed by atoms with Crippen molar-refractivity contribution in [3.8, 4) is 0 Å². The molecular formula is C9H20N2O2S. The van der Waals surface area contributed by atoms with E-state index in [1.54, 1.807) is 13.3 Å². The van der Waals surface area contributed by atoms with Gasteiger partial charge in [0.2, 0.25) is 5.91 Å². The summed E-state index contributed by atoms with van der Waals surface area (Å²) in [6.45, 7) is 1.73. The number of hydrogen-bond acceptors (Lipinski definition) is 3. The van der Waals surface area contributed by atoms with E-state index in [-0.39, 0.29) is 5.91 Å². The van der Waals surface area contributed by atoms with E-state index in [1.807, 2.05) is 0 Å². The molecule has 2 N–H and O–H groups in total. The molecular weight excluding hydrogens is 200 g/mol. The Kier molecular flexibility index (Phi) is 8.87. The summed E-state index contributed by atoms with van der Waals surface area (Å²) in [6.07, 6.45) is 4.08. The molecule has 0 aliphatic rings. The van der Waals surface area contributed by atoms with Crippen molar-refractivity contribution in [1.82, 2.24) is 10.6 Å². The lowest BCUT2D eigenvalue weighted by molar-refractivity contribution is -0.120. The van der Waals surface area contributed by atoms with Crippen LogP contribution in [-0.2, 0) is 15.6 Å². The zero-order chi connectivity index (χ0) is 10.8. The number of carbonyl (C=O) groups is 1. The Morgan fingerprint density at radius 2 is 1.93 bits per heavy atom. The molecule has 0 radical (unpaired) electrons. The highest BCUT2D eigenvalue weighted by Gasteiger charge is 1.96. The molecule has 0 bridgehead atoms.